The molecule has 4 rings (SSSR count). The Kier molecular flexibility index (Phi) is 5.28. The second-order valence-corrected chi connectivity index (χ2v) is 7.80. The van der Waals surface area contributed by atoms with Gasteiger partial charge in [-0.15, -0.1) is 10.2 Å². The minimum Gasteiger partial charge on any atom is -0.342 e. The second kappa shape index (κ2) is 8.00. The van der Waals surface area contributed by atoms with Crippen LogP contribution >= 0.6 is 0 Å². The van der Waals surface area contributed by atoms with Crippen LogP contribution in [0.2, 0.25) is 0 Å². The normalized spacial score (nSPS) is 17.2. The van der Waals surface area contributed by atoms with E-state index < -0.39 is 0 Å². The van der Waals surface area contributed by atoms with Crippen LogP contribution in [0.25, 0.3) is 5.69 Å². The minimum atomic E-state index is 0.189. The van der Waals surface area contributed by atoms with E-state index in [9.17, 15) is 4.79 Å². The van der Waals surface area contributed by atoms with Crippen LogP contribution in [-0.4, -0.2) is 43.2 Å². The fraction of sp³-hybridized carbons (Fsp3) is 0.409. The molecule has 6 heteroatoms. The Labute approximate surface area is 165 Å². The van der Waals surface area contributed by atoms with E-state index in [-0.39, 0.29) is 11.8 Å². The summed E-state index contributed by atoms with van der Waals surface area (Å²) in [6, 6.07) is 12.6. The smallest absolute Gasteiger partial charge is 0.227 e. The van der Waals surface area contributed by atoms with Crippen LogP contribution in [0.15, 0.2) is 55.1 Å². The van der Waals surface area contributed by atoms with Crippen LogP contribution in [0.3, 0.4) is 0 Å². The quantitative estimate of drug-likeness (QED) is 0.683. The Morgan fingerprint density at radius 3 is 2.64 bits per heavy atom. The molecule has 0 N–H and O–H groups in total. The van der Waals surface area contributed by atoms with Crippen LogP contribution in [-0.2, 0) is 11.2 Å². The third-order valence-electron chi connectivity index (χ3n) is 5.49. The zero-order chi connectivity index (χ0) is 19.5. The average molecular weight is 377 g/mol. The van der Waals surface area contributed by atoms with Crippen molar-refractivity contribution >= 4 is 5.91 Å². The molecule has 1 unspecified atom stereocenters. The summed E-state index contributed by atoms with van der Waals surface area (Å²) in [5, 5.41) is 8.44. The predicted octanol–water partition coefficient (Wildman–Crippen LogP) is 3.60. The molecule has 3 heterocycles. The van der Waals surface area contributed by atoms with Gasteiger partial charge >= 0.3 is 0 Å². The first-order valence-electron chi connectivity index (χ1n) is 10.0. The Morgan fingerprint density at radius 2 is 1.93 bits per heavy atom. The van der Waals surface area contributed by atoms with Crippen molar-refractivity contribution in [1.82, 2.24) is 24.2 Å². The first-order valence-corrected chi connectivity index (χ1v) is 10.0. The van der Waals surface area contributed by atoms with E-state index in [0.717, 1.165) is 43.0 Å². The molecule has 1 aliphatic heterocycles. The summed E-state index contributed by atoms with van der Waals surface area (Å²) in [4.78, 5) is 14.9. The largest absolute Gasteiger partial charge is 0.342 e. The van der Waals surface area contributed by atoms with Gasteiger partial charge < -0.3 is 14.0 Å². The highest BCUT2D eigenvalue weighted by Gasteiger charge is 2.28. The molecule has 0 aliphatic carbocycles. The maximum Gasteiger partial charge on any atom is 0.227 e. The number of nitrogens with zero attached hydrogens (tertiary/aromatic N) is 5. The third-order valence-corrected chi connectivity index (χ3v) is 5.49. The van der Waals surface area contributed by atoms with Gasteiger partial charge in [-0.3, -0.25) is 4.79 Å². The van der Waals surface area contributed by atoms with Gasteiger partial charge in [-0.05, 0) is 56.5 Å². The molecular weight excluding hydrogens is 350 g/mol. The number of carbonyl (C=O) groups excluding carboxylic acids is 1. The van der Waals surface area contributed by atoms with E-state index in [1.807, 2.05) is 41.6 Å². The van der Waals surface area contributed by atoms with Gasteiger partial charge in [0.15, 0.2) is 0 Å². The maximum absolute atomic E-state index is 12.9. The van der Waals surface area contributed by atoms with Gasteiger partial charge in [-0.2, -0.15) is 0 Å². The summed E-state index contributed by atoms with van der Waals surface area (Å²) in [5.41, 5.74) is 2.15. The molecule has 28 heavy (non-hydrogen) atoms. The van der Waals surface area contributed by atoms with Crippen molar-refractivity contribution in [2.75, 3.05) is 13.1 Å². The number of piperidine rings is 1. The van der Waals surface area contributed by atoms with Crippen molar-refractivity contribution in [2.45, 2.75) is 45.1 Å². The Balaban J connectivity index is 1.41. The van der Waals surface area contributed by atoms with Crippen molar-refractivity contribution < 1.29 is 4.79 Å². The number of hydrogen-bond acceptors (Lipinski definition) is 3. The molecule has 0 radical (unpaired) electrons. The third kappa shape index (κ3) is 3.86. The van der Waals surface area contributed by atoms with Crippen molar-refractivity contribution in [3.05, 3.63) is 66.5 Å². The molecule has 1 fully saturated rings. The van der Waals surface area contributed by atoms with E-state index in [1.54, 1.807) is 6.33 Å². The molecule has 1 amide bonds. The first-order chi connectivity index (χ1) is 13.6. The van der Waals surface area contributed by atoms with Crippen molar-refractivity contribution in [3.63, 3.8) is 0 Å². The molecule has 1 saturated heterocycles. The van der Waals surface area contributed by atoms with Gasteiger partial charge in [0.25, 0.3) is 0 Å². The van der Waals surface area contributed by atoms with Crippen LogP contribution in [0, 0.1) is 0 Å². The highest BCUT2D eigenvalue weighted by atomic mass is 16.2. The summed E-state index contributed by atoms with van der Waals surface area (Å²) in [6.45, 7) is 5.82. The van der Waals surface area contributed by atoms with E-state index in [2.05, 4.69) is 45.3 Å². The molecule has 1 atom stereocenters. The zero-order valence-electron chi connectivity index (χ0n) is 16.5. The number of carbonyl (C=O) groups is 1. The van der Waals surface area contributed by atoms with Gasteiger partial charge in [-0.1, -0.05) is 12.1 Å². The summed E-state index contributed by atoms with van der Waals surface area (Å²) in [6.07, 6.45) is 8.34. The molecule has 3 aromatic rings. The average Bonchev–Trinajstić information content (AvgIpc) is 3.41. The lowest BCUT2D eigenvalue weighted by Gasteiger charge is -2.33. The predicted molar refractivity (Wildman–Crippen MR) is 108 cm³/mol. The summed E-state index contributed by atoms with van der Waals surface area (Å²) >= 11 is 0. The number of amides is 1. The first kappa shape index (κ1) is 18.5. The number of aromatic nitrogens is 4. The SMILES string of the molecule is CC(C)n1cnnc1C1CCCN(C(=O)Cc2ccc(-n3cccc3)cc2)C1. The van der Waals surface area contributed by atoms with Crippen LogP contribution in [0.5, 0.6) is 0 Å². The lowest BCUT2D eigenvalue weighted by Crippen LogP contribution is -2.40. The molecule has 0 spiro atoms. The molecule has 1 aliphatic rings. The number of rotatable bonds is 5. The Hall–Kier alpha value is -2.89. The van der Waals surface area contributed by atoms with Crippen molar-refractivity contribution in [2.24, 2.45) is 0 Å². The Morgan fingerprint density at radius 1 is 1.18 bits per heavy atom. The Bertz CT molecular complexity index is 911. The fourth-order valence-electron chi connectivity index (χ4n) is 3.94. The molecule has 0 saturated carbocycles. The zero-order valence-corrected chi connectivity index (χ0v) is 16.5. The highest BCUT2D eigenvalue weighted by molar-refractivity contribution is 5.79. The second-order valence-electron chi connectivity index (χ2n) is 7.80. The van der Waals surface area contributed by atoms with Crippen LogP contribution in [0.1, 0.15) is 50.0 Å². The standard InChI is InChI=1S/C22H27N5O/c1-17(2)27-16-23-24-22(27)19-6-5-13-26(15-19)21(28)14-18-7-9-20(10-8-18)25-11-3-4-12-25/h3-4,7-12,16-17,19H,5-6,13-15H2,1-2H3. The summed E-state index contributed by atoms with van der Waals surface area (Å²) in [5.74, 6) is 1.45. The molecule has 1 aromatic carbocycles. The summed E-state index contributed by atoms with van der Waals surface area (Å²) < 4.78 is 4.18. The van der Waals surface area contributed by atoms with Crippen LogP contribution in [0.4, 0.5) is 0 Å². The highest BCUT2D eigenvalue weighted by Crippen LogP contribution is 2.27. The fourth-order valence-corrected chi connectivity index (χ4v) is 3.94. The number of benzene rings is 1. The topological polar surface area (TPSA) is 56.0 Å². The molecule has 146 valence electrons. The van der Waals surface area contributed by atoms with Crippen molar-refractivity contribution in [3.8, 4) is 5.69 Å². The molecular formula is C22H27N5O. The minimum absolute atomic E-state index is 0.189. The summed E-state index contributed by atoms with van der Waals surface area (Å²) in [7, 11) is 0. The van der Waals surface area contributed by atoms with E-state index >= 15 is 0 Å². The van der Waals surface area contributed by atoms with Gasteiger partial charge in [0.1, 0.15) is 12.2 Å². The van der Waals surface area contributed by atoms with Gasteiger partial charge in [0.05, 0.1) is 6.42 Å². The monoisotopic (exact) mass is 377 g/mol. The van der Waals surface area contributed by atoms with Gasteiger partial charge in [0.2, 0.25) is 5.91 Å². The molecule has 2 aromatic heterocycles. The van der Waals surface area contributed by atoms with Gasteiger partial charge in [-0.25, -0.2) is 0 Å². The van der Waals surface area contributed by atoms with Crippen molar-refractivity contribution in [1.29, 1.82) is 0 Å². The van der Waals surface area contributed by atoms with Gasteiger partial charge in [0, 0.05) is 43.1 Å². The molecule has 0 bridgehead atoms. The van der Waals surface area contributed by atoms with Crippen LogP contribution < -0.4 is 0 Å². The number of likely N-dealkylation sites (tertiary alicyclic amines) is 1. The van der Waals surface area contributed by atoms with E-state index in [0.29, 0.717) is 12.5 Å². The lowest BCUT2D eigenvalue weighted by molar-refractivity contribution is -0.131. The lowest BCUT2D eigenvalue weighted by atomic mass is 9.96. The molecule has 6 nitrogen and oxygen atoms in total. The number of hydrogen-bond donors (Lipinski definition) is 0. The van der Waals surface area contributed by atoms with E-state index in [4.69, 9.17) is 0 Å². The van der Waals surface area contributed by atoms with E-state index in [1.165, 1.54) is 0 Å². The maximum atomic E-state index is 12.9.